The zero-order valence-corrected chi connectivity index (χ0v) is 12.2. The molecule has 0 amide bonds. The number of nitrogens with one attached hydrogen (secondary N) is 1. The van der Waals surface area contributed by atoms with Crippen molar-refractivity contribution in [3.63, 3.8) is 0 Å². The van der Waals surface area contributed by atoms with Gasteiger partial charge in [-0.05, 0) is 30.2 Å². The summed E-state index contributed by atoms with van der Waals surface area (Å²) in [5.74, 6) is -0.175. The Morgan fingerprint density at radius 3 is 2.24 bits per heavy atom. The van der Waals surface area contributed by atoms with Crippen molar-refractivity contribution in [2.24, 2.45) is 5.92 Å². The van der Waals surface area contributed by atoms with E-state index in [9.17, 15) is 17.6 Å². The fraction of sp³-hybridized carbons (Fsp3) is 0.600. The molecule has 0 saturated heterocycles. The monoisotopic (exact) mass is 307 g/mol. The lowest BCUT2D eigenvalue weighted by atomic mass is 9.99. The Bertz CT molecular complexity index is 403. The fourth-order valence-electron chi connectivity index (χ4n) is 1.87. The molecule has 1 aromatic rings. The van der Waals surface area contributed by atoms with Crippen LogP contribution in [0.5, 0.6) is 0 Å². The molecule has 0 aliphatic rings. The van der Waals surface area contributed by atoms with E-state index in [1.54, 1.807) is 12.1 Å². The third-order valence-electron chi connectivity index (χ3n) is 2.87. The van der Waals surface area contributed by atoms with E-state index < -0.39 is 12.8 Å². The molecule has 1 atom stereocenters. The molecule has 0 fully saturated rings. The molecule has 1 rings (SSSR count). The molecule has 0 bridgehead atoms. The summed E-state index contributed by atoms with van der Waals surface area (Å²) < 4.78 is 54.1. The van der Waals surface area contributed by atoms with Gasteiger partial charge in [-0.3, -0.25) is 0 Å². The maximum atomic E-state index is 12.9. The van der Waals surface area contributed by atoms with Crippen molar-refractivity contribution in [1.82, 2.24) is 5.32 Å². The van der Waals surface area contributed by atoms with Gasteiger partial charge in [-0.2, -0.15) is 13.2 Å². The quantitative estimate of drug-likeness (QED) is 0.739. The van der Waals surface area contributed by atoms with E-state index in [1.165, 1.54) is 12.1 Å². The Morgan fingerprint density at radius 2 is 1.71 bits per heavy atom. The van der Waals surface area contributed by atoms with E-state index >= 15 is 0 Å². The van der Waals surface area contributed by atoms with Crippen LogP contribution in [0.1, 0.15) is 25.3 Å². The summed E-state index contributed by atoms with van der Waals surface area (Å²) in [4.78, 5) is 0. The summed E-state index contributed by atoms with van der Waals surface area (Å²) in [6.45, 7) is 4.00. The average Bonchev–Trinajstić information content (AvgIpc) is 2.36. The van der Waals surface area contributed by atoms with Crippen LogP contribution in [0.25, 0.3) is 0 Å². The highest BCUT2D eigenvalue weighted by atomic mass is 19.4. The van der Waals surface area contributed by atoms with Crippen molar-refractivity contribution in [2.75, 3.05) is 26.3 Å². The van der Waals surface area contributed by atoms with Gasteiger partial charge in [0, 0.05) is 12.5 Å². The van der Waals surface area contributed by atoms with Crippen LogP contribution in [-0.2, 0) is 4.74 Å². The molecule has 0 heterocycles. The zero-order chi connectivity index (χ0) is 15.9. The molecule has 0 aromatic heterocycles. The maximum Gasteiger partial charge on any atom is 0.411 e. The van der Waals surface area contributed by atoms with Crippen LogP contribution in [0, 0.1) is 11.7 Å². The highest BCUT2D eigenvalue weighted by molar-refractivity contribution is 5.21. The number of rotatable bonds is 8. The summed E-state index contributed by atoms with van der Waals surface area (Å²) in [6, 6.07) is 5.76. The van der Waals surface area contributed by atoms with Gasteiger partial charge in [0.15, 0.2) is 0 Å². The zero-order valence-electron chi connectivity index (χ0n) is 12.2. The van der Waals surface area contributed by atoms with E-state index in [0.717, 1.165) is 12.1 Å². The number of halogens is 4. The molecule has 2 nitrogen and oxygen atoms in total. The van der Waals surface area contributed by atoms with Crippen LogP contribution in [0.15, 0.2) is 24.3 Å². The number of ether oxygens (including phenoxy) is 1. The van der Waals surface area contributed by atoms with Gasteiger partial charge in [0.2, 0.25) is 0 Å². The number of alkyl halides is 3. The predicted molar refractivity (Wildman–Crippen MR) is 73.7 cm³/mol. The Labute approximate surface area is 122 Å². The van der Waals surface area contributed by atoms with Crippen molar-refractivity contribution in [3.05, 3.63) is 35.6 Å². The second-order valence-electron chi connectivity index (χ2n) is 5.43. The van der Waals surface area contributed by atoms with Crippen LogP contribution in [0.3, 0.4) is 0 Å². The van der Waals surface area contributed by atoms with Crippen LogP contribution < -0.4 is 5.32 Å². The standard InChI is InChI=1S/C15H21F4NO/c1-11(2)7-20-8-13(9-21-10-15(17,18)19)12-3-5-14(16)6-4-12/h3-6,11,13,20H,7-10H2,1-2H3. The Balaban J connectivity index is 2.59. The molecule has 0 saturated carbocycles. The average molecular weight is 307 g/mol. The second-order valence-corrected chi connectivity index (χ2v) is 5.43. The Hall–Kier alpha value is -1.14. The first-order chi connectivity index (χ1) is 9.78. The molecule has 0 spiro atoms. The van der Waals surface area contributed by atoms with Crippen molar-refractivity contribution >= 4 is 0 Å². The lowest BCUT2D eigenvalue weighted by Gasteiger charge is -2.19. The van der Waals surface area contributed by atoms with Gasteiger partial charge in [0.25, 0.3) is 0 Å². The molecule has 6 heteroatoms. The number of hydrogen-bond acceptors (Lipinski definition) is 2. The molecule has 1 aromatic carbocycles. The number of hydrogen-bond donors (Lipinski definition) is 1. The molecule has 0 aliphatic carbocycles. The first-order valence-corrected chi connectivity index (χ1v) is 6.88. The summed E-state index contributed by atoms with van der Waals surface area (Å²) >= 11 is 0. The van der Waals surface area contributed by atoms with Gasteiger partial charge in [-0.15, -0.1) is 0 Å². The summed E-state index contributed by atoms with van der Waals surface area (Å²) in [7, 11) is 0. The maximum absolute atomic E-state index is 12.9. The van der Waals surface area contributed by atoms with Crippen molar-refractivity contribution in [2.45, 2.75) is 25.9 Å². The SMILES string of the molecule is CC(C)CNCC(COCC(F)(F)F)c1ccc(F)cc1. The minimum absolute atomic E-state index is 0.0593. The summed E-state index contributed by atoms with van der Waals surface area (Å²) in [6.07, 6.45) is -4.33. The van der Waals surface area contributed by atoms with Crippen molar-refractivity contribution in [3.8, 4) is 0 Å². The normalized spacial score (nSPS) is 13.7. The number of benzene rings is 1. The highest BCUT2D eigenvalue weighted by Crippen LogP contribution is 2.19. The first-order valence-electron chi connectivity index (χ1n) is 6.88. The molecule has 0 aliphatic heterocycles. The van der Waals surface area contributed by atoms with E-state index in [2.05, 4.69) is 5.32 Å². The molecule has 1 unspecified atom stereocenters. The summed E-state index contributed by atoms with van der Waals surface area (Å²) in [5, 5.41) is 3.19. The molecular formula is C15H21F4NO. The first kappa shape index (κ1) is 17.9. The van der Waals surface area contributed by atoms with Crippen LogP contribution in [0.4, 0.5) is 17.6 Å². The lowest BCUT2D eigenvalue weighted by molar-refractivity contribution is -0.174. The van der Waals surface area contributed by atoms with E-state index in [0.29, 0.717) is 12.5 Å². The lowest BCUT2D eigenvalue weighted by Crippen LogP contribution is -2.29. The van der Waals surface area contributed by atoms with Crippen molar-refractivity contribution < 1.29 is 22.3 Å². The Morgan fingerprint density at radius 1 is 1.10 bits per heavy atom. The third kappa shape index (κ3) is 8.02. The molecule has 1 N–H and O–H groups in total. The fourth-order valence-corrected chi connectivity index (χ4v) is 1.87. The topological polar surface area (TPSA) is 21.3 Å². The summed E-state index contributed by atoms with van der Waals surface area (Å²) in [5.41, 5.74) is 0.759. The highest BCUT2D eigenvalue weighted by Gasteiger charge is 2.28. The van der Waals surface area contributed by atoms with E-state index in [4.69, 9.17) is 4.74 Å². The van der Waals surface area contributed by atoms with Gasteiger partial charge in [0.05, 0.1) is 6.61 Å². The van der Waals surface area contributed by atoms with E-state index in [-0.39, 0.29) is 18.3 Å². The smallest absolute Gasteiger partial charge is 0.371 e. The van der Waals surface area contributed by atoms with Gasteiger partial charge in [-0.1, -0.05) is 26.0 Å². The predicted octanol–water partition coefficient (Wildman–Crippen LogP) is 3.73. The van der Waals surface area contributed by atoms with E-state index in [1.807, 2.05) is 13.8 Å². The Kier molecular flexibility index (Phi) is 7.11. The third-order valence-corrected chi connectivity index (χ3v) is 2.87. The molecule has 21 heavy (non-hydrogen) atoms. The van der Waals surface area contributed by atoms with Crippen LogP contribution >= 0.6 is 0 Å². The molecular weight excluding hydrogens is 286 g/mol. The minimum Gasteiger partial charge on any atom is -0.371 e. The van der Waals surface area contributed by atoms with Gasteiger partial charge >= 0.3 is 6.18 Å². The van der Waals surface area contributed by atoms with Gasteiger partial charge < -0.3 is 10.1 Å². The molecule has 0 radical (unpaired) electrons. The minimum atomic E-state index is -4.33. The second kappa shape index (κ2) is 8.34. The van der Waals surface area contributed by atoms with Gasteiger partial charge in [0.1, 0.15) is 12.4 Å². The van der Waals surface area contributed by atoms with Crippen LogP contribution in [-0.4, -0.2) is 32.5 Å². The van der Waals surface area contributed by atoms with Crippen LogP contribution in [0.2, 0.25) is 0 Å². The largest absolute Gasteiger partial charge is 0.411 e. The van der Waals surface area contributed by atoms with Gasteiger partial charge in [-0.25, -0.2) is 4.39 Å². The molecule has 120 valence electrons. The van der Waals surface area contributed by atoms with Crippen molar-refractivity contribution in [1.29, 1.82) is 0 Å².